The second-order valence-corrected chi connectivity index (χ2v) is 2.44. The molecule has 1 nitrogen and oxygen atoms in total. The van der Waals surface area contributed by atoms with Crippen molar-refractivity contribution in [2.75, 3.05) is 0 Å². The van der Waals surface area contributed by atoms with Crippen LogP contribution < -0.4 is 0 Å². The van der Waals surface area contributed by atoms with Gasteiger partial charge in [-0.05, 0) is 24.1 Å². The number of halogens is 2. The molecule has 0 radical (unpaired) electrons. The summed E-state index contributed by atoms with van der Waals surface area (Å²) in [6.45, 7) is 0. The Morgan fingerprint density at radius 3 is 2.25 bits per heavy atom. The molecule has 0 aliphatic carbocycles. The first kappa shape index (κ1) is 8.66. The van der Waals surface area contributed by atoms with E-state index in [0.717, 1.165) is 6.07 Å². The number of rotatable bonds is 2. The monoisotopic (exact) mass is 167 g/mol. The maximum atomic E-state index is 12.5. The quantitative estimate of drug-likeness (QED) is 0.663. The van der Waals surface area contributed by atoms with Gasteiger partial charge in [0.15, 0.2) is 0 Å². The minimum atomic E-state index is -0.595. The van der Waals surface area contributed by atoms with Gasteiger partial charge in [0.25, 0.3) is 0 Å². The highest BCUT2D eigenvalue weighted by Crippen LogP contribution is 2.09. The summed E-state index contributed by atoms with van der Waals surface area (Å²) < 4.78 is 25.1. The summed E-state index contributed by atoms with van der Waals surface area (Å²) in [5, 5.41) is 8.23. The lowest BCUT2D eigenvalue weighted by Gasteiger charge is -1.97. The van der Waals surface area contributed by atoms with Crippen molar-refractivity contribution in [2.45, 2.75) is 12.8 Å². The van der Waals surface area contributed by atoms with Crippen molar-refractivity contribution < 1.29 is 8.78 Å². The normalized spacial score (nSPS) is 9.42. The molecule has 0 fully saturated rings. The minimum absolute atomic E-state index is 0.281. The zero-order valence-corrected chi connectivity index (χ0v) is 6.35. The Morgan fingerprint density at radius 2 is 1.75 bits per heavy atom. The number of hydrogen-bond donors (Lipinski definition) is 0. The van der Waals surface area contributed by atoms with Crippen molar-refractivity contribution in [2.24, 2.45) is 0 Å². The van der Waals surface area contributed by atoms with E-state index in [1.807, 2.05) is 6.07 Å². The third kappa shape index (κ3) is 2.31. The molecule has 12 heavy (non-hydrogen) atoms. The van der Waals surface area contributed by atoms with Crippen molar-refractivity contribution in [1.29, 1.82) is 5.26 Å². The zero-order chi connectivity index (χ0) is 8.97. The Kier molecular flexibility index (Phi) is 2.76. The number of nitrogens with zero attached hydrogens (tertiary/aromatic N) is 1. The van der Waals surface area contributed by atoms with Crippen LogP contribution in [0.5, 0.6) is 0 Å². The minimum Gasteiger partial charge on any atom is -0.207 e. The number of nitriles is 1. The van der Waals surface area contributed by atoms with Crippen LogP contribution in [0.3, 0.4) is 0 Å². The average Bonchev–Trinajstić information content (AvgIpc) is 1.99. The van der Waals surface area contributed by atoms with Crippen LogP contribution >= 0.6 is 0 Å². The Morgan fingerprint density at radius 1 is 1.17 bits per heavy atom. The number of benzene rings is 1. The summed E-state index contributed by atoms with van der Waals surface area (Å²) in [5.74, 6) is -1.19. The number of aryl methyl sites for hydroxylation is 1. The maximum absolute atomic E-state index is 12.5. The van der Waals surface area contributed by atoms with Crippen molar-refractivity contribution >= 4 is 0 Å². The van der Waals surface area contributed by atoms with Crippen LogP contribution in [0, 0.1) is 23.0 Å². The molecule has 0 bridgehead atoms. The van der Waals surface area contributed by atoms with Crippen LogP contribution in [0.4, 0.5) is 8.78 Å². The molecule has 0 heterocycles. The van der Waals surface area contributed by atoms with E-state index in [1.165, 1.54) is 12.1 Å². The first-order chi connectivity index (χ1) is 5.72. The van der Waals surface area contributed by atoms with Gasteiger partial charge in [-0.25, -0.2) is 8.78 Å². The fourth-order valence-corrected chi connectivity index (χ4v) is 0.956. The van der Waals surface area contributed by atoms with E-state index in [4.69, 9.17) is 5.26 Å². The van der Waals surface area contributed by atoms with Gasteiger partial charge < -0.3 is 0 Å². The summed E-state index contributed by atoms with van der Waals surface area (Å²) >= 11 is 0. The third-order valence-electron chi connectivity index (χ3n) is 1.45. The fourth-order valence-electron chi connectivity index (χ4n) is 0.956. The summed E-state index contributed by atoms with van der Waals surface area (Å²) in [5.41, 5.74) is 0.522. The van der Waals surface area contributed by atoms with E-state index in [2.05, 4.69) is 0 Å². The van der Waals surface area contributed by atoms with E-state index < -0.39 is 11.6 Å². The molecule has 0 atom stereocenters. The van der Waals surface area contributed by atoms with Gasteiger partial charge in [-0.15, -0.1) is 0 Å². The standard InChI is InChI=1S/C9H7F2N/c10-8-4-7(2-1-3-12)5-9(11)6-8/h4-6H,1-2H2. The first-order valence-corrected chi connectivity index (χ1v) is 3.54. The van der Waals surface area contributed by atoms with Gasteiger partial charge >= 0.3 is 0 Å². The van der Waals surface area contributed by atoms with Crippen LogP contribution in [0.1, 0.15) is 12.0 Å². The topological polar surface area (TPSA) is 23.8 Å². The van der Waals surface area contributed by atoms with Crippen molar-refractivity contribution in [1.82, 2.24) is 0 Å². The largest absolute Gasteiger partial charge is 0.207 e. The molecule has 0 aromatic heterocycles. The van der Waals surface area contributed by atoms with Crippen molar-refractivity contribution in [3.8, 4) is 6.07 Å². The molecule has 0 N–H and O–H groups in total. The molecular formula is C9H7F2N. The maximum Gasteiger partial charge on any atom is 0.126 e. The Bertz CT molecular complexity index is 295. The molecule has 1 rings (SSSR count). The van der Waals surface area contributed by atoms with E-state index >= 15 is 0 Å². The highest BCUT2D eigenvalue weighted by atomic mass is 19.1. The molecule has 1 aromatic rings. The first-order valence-electron chi connectivity index (χ1n) is 3.54. The van der Waals surface area contributed by atoms with Crippen LogP contribution in [0.15, 0.2) is 18.2 Å². The molecule has 0 amide bonds. The molecule has 0 saturated carbocycles. The molecule has 0 saturated heterocycles. The van der Waals surface area contributed by atoms with Gasteiger partial charge in [-0.3, -0.25) is 0 Å². The predicted octanol–water partition coefficient (Wildman–Crippen LogP) is 2.42. The SMILES string of the molecule is N#CCCc1cc(F)cc(F)c1. The lowest BCUT2D eigenvalue weighted by atomic mass is 10.1. The van der Waals surface area contributed by atoms with Gasteiger partial charge in [0.2, 0.25) is 0 Å². The van der Waals surface area contributed by atoms with E-state index in [1.54, 1.807) is 0 Å². The molecule has 62 valence electrons. The predicted molar refractivity (Wildman–Crippen MR) is 40.3 cm³/mol. The highest BCUT2D eigenvalue weighted by molar-refractivity contribution is 5.18. The van der Waals surface area contributed by atoms with Crippen molar-refractivity contribution in [3.63, 3.8) is 0 Å². The summed E-state index contributed by atoms with van der Waals surface area (Å²) in [6, 6.07) is 5.20. The molecule has 0 spiro atoms. The molecule has 0 aliphatic rings. The van der Waals surface area contributed by atoms with Crippen molar-refractivity contribution in [3.05, 3.63) is 35.4 Å². The zero-order valence-electron chi connectivity index (χ0n) is 6.35. The second-order valence-electron chi connectivity index (χ2n) is 2.44. The summed E-state index contributed by atoms with van der Waals surface area (Å²) in [6.07, 6.45) is 0.675. The van der Waals surface area contributed by atoms with Crippen LogP contribution in [0.25, 0.3) is 0 Å². The fraction of sp³-hybridized carbons (Fsp3) is 0.222. The van der Waals surface area contributed by atoms with Gasteiger partial charge in [0.1, 0.15) is 11.6 Å². The molecule has 1 aromatic carbocycles. The smallest absolute Gasteiger partial charge is 0.126 e. The number of hydrogen-bond acceptors (Lipinski definition) is 1. The van der Waals surface area contributed by atoms with Gasteiger partial charge in [-0.2, -0.15) is 5.26 Å². The van der Waals surface area contributed by atoms with Gasteiger partial charge in [-0.1, -0.05) is 0 Å². The molecule has 0 unspecified atom stereocenters. The average molecular weight is 167 g/mol. The van der Waals surface area contributed by atoms with Crippen LogP contribution in [-0.4, -0.2) is 0 Å². The Hall–Kier alpha value is -1.43. The third-order valence-corrected chi connectivity index (χ3v) is 1.45. The van der Waals surface area contributed by atoms with E-state index in [0.29, 0.717) is 12.0 Å². The van der Waals surface area contributed by atoms with Crippen LogP contribution in [-0.2, 0) is 6.42 Å². The van der Waals surface area contributed by atoms with E-state index in [9.17, 15) is 8.78 Å². The summed E-state index contributed by atoms with van der Waals surface area (Å²) in [4.78, 5) is 0. The molecule has 0 aliphatic heterocycles. The Balaban J connectivity index is 2.80. The van der Waals surface area contributed by atoms with Crippen LogP contribution in [0.2, 0.25) is 0 Å². The van der Waals surface area contributed by atoms with Gasteiger partial charge in [0.05, 0.1) is 6.07 Å². The Labute approximate surface area is 69.2 Å². The lowest BCUT2D eigenvalue weighted by Crippen LogP contribution is -1.87. The summed E-state index contributed by atoms with van der Waals surface area (Å²) in [7, 11) is 0. The lowest BCUT2D eigenvalue weighted by molar-refractivity contribution is 0.579. The van der Waals surface area contributed by atoms with E-state index in [-0.39, 0.29) is 6.42 Å². The highest BCUT2D eigenvalue weighted by Gasteiger charge is 1.99. The second kappa shape index (κ2) is 3.82. The molecule has 3 heteroatoms. The van der Waals surface area contributed by atoms with Gasteiger partial charge in [0, 0.05) is 12.5 Å². The molecular weight excluding hydrogens is 160 g/mol.